The highest BCUT2D eigenvalue weighted by Gasteiger charge is 2.43. The van der Waals surface area contributed by atoms with E-state index in [9.17, 15) is 9.59 Å². The van der Waals surface area contributed by atoms with Crippen molar-refractivity contribution in [1.29, 1.82) is 0 Å². The average Bonchev–Trinajstić information content (AvgIpc) is 3.09. The molecular weight excluding hydrogens is 429 g/mol. The molecule has 0 bridgehead atoms. The summed E-state index contributed by atoms with van der Waals surface area (Å²) in [5, 5.41) is 0.296. The van der Waals surface area contributed by atoms with E-state index in [0.717, 1.165) is 11.3 Å². The number of hydrogen-bond donors (Lipinski definition) is 0. The number of aromatic nitrogens is 2. The van der Waals surface area contributed by atoms with E-state index in [1.54, 1.807) is 26.4 Å². The van der Waals surface area contributed by atoms with E-state index in [1.165, 1.54) is 11.8 Å². The van der Waals surface area contributed by atoms with Gasteiger partial charge < -0.3 is 0 Å². The standard InChI is InChI=1S/C21H19Cl2N3O2S/c1-12-18(20(28)26(24(12)3)15-7-5-4-6-8-15)25-19(27)13(2)29-21(25)16-10-9-14(22)11-17(16)23/h4-11,13,21H,1-3H3/t13-,21-/m0/s1. The average molecular weight is 448 g/mol. The highest BCUT2D eigenvalue weighted by atomic mass is 35.5. The van der Waals surface area contributed by atoms with Crippen molar-refractivity contribution < 1.29 is 4.79 Å². The van der Waals surface area contributed by atoms with Crippen LogP contribution >= 0.6 is 35.0 Å². The molecule has 1 saturated heterocycles. The summed E-state index contributed by atoms with van der Waals surface area (Å²) in [7, 11) is 1.81. The number of anilines is 1. The largest absolute Gasteiger partial charge is 0.295 e. The third-order valence-electron chi connectivity index (χ3n) is 5.15. The van der Waals surface area contributed by atoms with Gasteiger partial charge in [0.2, 0.25) is 5.91 Å². The monoisotopic (exact) mass is 447 g/mol. The van der Waals surface area contributed by atoms with Gasteiger partial charge in [0.1, 0.15) is 11.1 Å². The summed E-state index contributed by atoms with van der Waals surface area (Å²) in [4.78, 5) is 28.1. The Labute approximate surface area is 182 Å². The molecule has 1 amide bonds. The van der Waals surface area contributed by atoms with Gasteiger partial charge in [-0.15, -0.1) is 11.8 Å². The molecule has 150 valence electrons. The number of thioether (sulfide) groups is 1. The number of amides is 1. The highest BCUT2D eigenvalue weighted by Crippen LogP contribution is 2.47. The Balaban J connectivity index is 1.90. The van der Waals surface area contributed by atoms with Crippen LogP contribution in [0.5, 0.6) is 0 Å². The van der Waals surface area contributed by atoms with Crippen LogP contribution in [0.3, 0.4) is 0 Å². The van der Waals surface area contributed by atoms with E-state index < -0.39 is 5.37 Å². The van der Waals surface area contributed by atoms with Crippen LogP contribution in [0.4, 0.5) is 5.69 Å². The predicted molar refractivity (Wildman–Crippen MR) is 119 cm³/mol. The third-order valence-corrected chi connectivity index (χ3v) is 7.04. The fourth-order valence-corrected chi connectivity index (χ4v) is 5.47. The molecule has 0 spiro atoms. The number of benzene rings is 2. The zero-order valence-electron chi connectivity index (χ0n) is 16.1. The molecule has 3 aromatic rings. The van der Waals surface area contributed by atoms with Gasteiger partial charge in [-0.2, -0.15) is 0 Å². The van der Waals surface area contributed by atoms with Gasteiger partial charge in [-0.1, -0.05) is 47.5 Å². The lowest BCUT2D eigenvalue weighted by Gasteiger charge is -2.24. The Hall–Kier alpha value is -2.15. The van der Waals surface area contributed by atoms with E-state index in [1.807, 2.05) is 57.3 Å². The first-order chi connectivity index (χ1) is 13.8. The molecule has 2 heterocycles. The number of hydrogen-bond acceptors (Lipinski definition) is 3. The van der Waals surface area contributed by atoms with Crippen LogP contribution in [0.1, 0.15) is 23.6 Å². The molecule has 1 aromatic heterocycles. The van der Waals surface area contributed by atoms with Crippen LogP contribution < -0.4 is 10.5 Å². The molecule has 8 heteroatoms. The molecule has 1 aliphatic rings. The first-order valence-corrected chi connectivity index (χ1v) is 10.8. The molecule has 1 aliphatic heterocycles. The zero-order valence-corrected chi connectivity index (χ0v) is 18.4. The second-order valence-electron chi connectivity index (χ2n) is 6.91. The second-order valence-corrected chi connectivity index (χ2v) is 9.18. The van der Waals surface area contributed by atoms with Crippen molar-refractivity contribution in [3.8, 4) is 5.69 Å². The summed E-state index contributed by atoms with van der Waals surface area (Å²) in [6, 6.07) is 14.6. The maximum absolute atomic E-state index is 13.5. The minimum absolute atomic E-state index is 0.114. The van der Waals surface area contributed by atoms with Crippen LogP contribution in [0.15, 0.2) is 53.3 Å². The minimum Gasteiger partial charge on any atom is -0.288 e. The number of nitrogens with zero attached hydrogens (tertiary/aromatic N) is 3. The van der Waals surface area contributed by atoms with E-state index in [0.29, 0.717) is 21.4 Å². The van der Waals surface area contributed by atoms with Crippen molar-refractivity contribution in [3.63, 3.8) is 0 Å². The smallest absolute Gasteiger partial charge is 0.288 e. The van der Waals surface area contributed by atoms with Crippen molar-refractivity contribution in [1.82, 2.24) is 9.36 Å². The summed E-state index contributed by atoms with van der Waals surface area (Å²) < 4.78 is 3.35. The Morgan fingerprint density at radius 3 is 2.38 bits per heavy atom. The van der Waals surface area contributed by atoms with Gasteiger partial charge in [0, 0.05) is 22.7 Å². The number of rotatable bonds is 3. The molecule has 2 atom stereocenters. The van der Waals surface area contributed by atoms with Crippen LogP contribution in [0.2, 0.25) is 10.0 Å². The number of carbonyl (C=O) groups is 1. The Morgan fingerprint density at radius 1 is 1.03 bits per heavy atom. The lowest BCUT2D eigenvalue weighted by atomic mass is 10.2. The number of para-hydroxylation sites is 1. The highest BCUT2D eigenvalue weighted by molar-refractivity contribution is 8.01. The van der Waals surface area contributed by atoms with Gasteiger partial charge in [-0.3, -0.25) is 19.2 Å². The van der Waals surface area contributed by atoms with E-state index in [-0.39, 0.29) is 16.7 Å². The molecule has 0 N–H and O–H groups in total. The van der Waals surface area contributed by atoms with E-state index in [4.69, 9.17) is 23.2 Å². The summed E-state index contributed by atoms with van der Waals surface area (Å²) >= 11 is 14.0. The fourth-order valence-electron chi connectivity index (χ4n) is 3.60. The molecule has 5 nitrogen and oxygen atoms in total. The fraction of sp³-hybridized carbons (Fsp3) is 0.238. The van der Waals surface area contributed by atoms with Crippen molar-refractivity contribution in [2.45, 2.75) is 24.5 Å². The molecule has 0 aliphatic carbocycles. The SMILES string of the molecule is Cc1c(N2C(=O)[C@H](C)S[C@H]2c2ccc(Cl)cc2Cl)c(=O)n(-c2ccccc2)n1C. The lowest BCUT2D eigenvalue weighted by Crippen LogP contribution is -2.34. The molecule has 4 rings (SSSR count). The molecule has 1 fully saturated rings. The molecule has 0 saturated carbocycles. The van der Waals surface area contributed by atoms with Crippen LogP contribution in [-0.4, -0.2) is 20.5 Å². The molecule has 0 unspecified atom stereocenters. The van der Waals surface area contributed by atoms with Crippen LogP contribution in [-0.2, 0) is 11.8 Å². The Bertz CT molecular complexity index is 1160. The van der Waals surface area contributed by atoms with Crippen molar-refractivity contribution in [3.05, 3.63) is 80.2 Å². The Morgan fingerprint density at radius 2 is 1.72 bits per heavy atom. The normalized spacial score (nSPS) is 19.2. The molecular formula is C21H19Cl2N3O2S. The second kappa shape index (κ2) is 7.59. The van der Waals surface area contributed by atoms with Crippen molar-refractivity contribution in [2.24, 2.45) is 7.05 Å². The van der Waals surface area contributed by atoms with Crippen molar-refractivity contribution >= 4 is 46.6 Å². The van der Waals surface area contributed by atoms with Gasteiger partial charge in [0.15, 0.2) is 0 Å². The van der Waals surface area contributed by atoms with E-state index >= 15 is 0 Å². The summed E-state index contributed by atoms with van der Waals surface area (Å²) in [5.41, 5.74) is 2.33. The van der Waals surface area contributed by atoms with Gasteiger partial charge in [-0.05, 0) is 38.1 Å². The van der Waals surface area contributed by atoms with Crippen molar-refractivity contribution in [2.75, 3.05) is 4.90 Å². The zero-order chi connectivity index (χ0) is 20.9. The van der Waals surface area contributed by atoms with Gasteiger partial charge in [-0.25, -0.2) is 4.68 Å². The lowest BCUT2D eigenvalue weighted by molar-refractivity contribution is -0.117. The van der Waals surface area contributed by atoms with Gasteiger partial charge >= 0.3 is 0 Å². The number of carbonyl (C=O) groups excluding carboxylic acids is 1. The molecule has 2 aromatic carbocycles. The summed E-state index contributed by atoms with van der Waals surface area (Å²) in [6.45, 7) is 3.69. The third kappa shape index (κ3) is 3.29. The van der Waals surface area contributed by atoms with E-state index in [2.05, 4.69) is 0 Å². The molecule has 0 radical (unpaired) electrons. The van der Waals surface area contributed by atoms with Gasteiger partial charge in [0.25, 0.3) is 5.56 Å². The first-order valence-electron chi connectivity index (χ1n) is 9.08. The summed E-state index contributed by atoms with van der Waals surface area (Å²) in [6.07, 6.45) is 0. The first kappa shape index (κ1) is 20.1. The molecule has 29 heavy (non-hydrogen) atoms. The topological polar surface area (TPSA) is 47.2 Å². The number of halogens is 2. The minimum atomic E-state index is -0.403. The Kier molecular flexibility index (Phi) is 5.27. The van der Waals surface area contributed by atoms with Gasteiger partial charge in [0.05, 0.1) is 16.6 Å². The predicted octanol–water partition coefficient (Wildman–Crippen LogP) is 4.96. The maximum Gasteiger partial charge on any atom is 0.295 e. The maximum atomic E-state index is 13.5. The summed E-state index contributed by atoms with van der Waals surface area (Å²) in [5.74, 6) is -0.114. The van der Waals surface area contributed by atoms with Crippen LogP contribution in [0, 0.1) is 6.92 Å². The quantitative estimate of drug-likeness (QED) is 0.569. The van der Waals surface area contributed by atoms with Crippen LogP contribution in [0.25, 0.3) is 5.69 Å².